The van der Waals surface area contributed by atoms with Crippen LogP contribution in [0.1, 0.15) is 58.8 Å². The number of hydrogen-bond donors (Lipinski definition) is 2. The average molecular weight is 304 g/mol. The van der Waals surface area contributed by atoms with Gasteiger partial charge in [0.1, 0.15) is 5.78 Å². The number of ketones is 1. The van der Waals surface area contributed by atoms with E-state index in [0.717, 1.165) is 38.5 Å². The fraction of sp³-hybridized carbons (Fsp3) is 0.842. The van der Waals surface area contributed by atoms with Crippen molar-refractivity contribution in [2.45, 2.75) is 71.0 Å². The molecule has 0 unspecified atom stereocenters. The zero-order chi connectivity index (χ0) is 15.7. The van der Waals surface area contributed by atoms with Gasteiger partial charge in [-0.05, 0) is 55.8 Å². The van der Waals surface area contributed by atoms with Crippen molar-refractivity contribution in [2.75, 3.05) is 0 Å². The van der Waals surface area contributed by atoms with Gasteiger partial charge in [0.2, 0.25) is 0 Å². The largest absolute Gasteiger partial charge is 0.393 e. The summed E-state index contributed by atoms with van der Waals surface area (Å²) < 4.78 is 0. The molecule has 7 atom stereocenters. The Labute approximate surface area is 132 Å². The molecule has 3 heteroatoms. The molecule has 3 fully saturated rings. The van der Waals surface area contributed by atoms with Crippen molar-refractivity contribution >= 4 is 5.78 Å². The Balaban J connectivity index is 1.74. The standard InChI is InChI=1S/C19H28O3/c1-18-8-7-12(20)9-11(18)3-4-13-14-5-6-16(22)19(14,2)10-15(21)17(13)18/h9,12-14,16-17,20,22H,3-8,10H2,1-2H3/t12-,13-,14-,16-,17+,18-,19+/m0/s1. The van der Waals surface area contributed by atoms with Crippen molar-refractivity contribution in [1.82, 2.24) is 0 Å². The van der Waals surface area contributed by atoms with E-state index in [4.69, 9.17) is 0 Å². The van der Waals surface area contributed by atoms with Crippen LogP contribution in [-0.4, -0.2) is 28.2 Å². The predicted molar refractivity (Wildman–Crippen MR) is 84.1 cm³/mol. The predicted octanol–water partition coefficient (Wildman–Crippen LogP) is 2.85. The molecule has 2 N–H and O–H groups in total. The topological polar surface area (TPSA) is 57.5 Å². The number of allylic oxidation sites excluding steroid dienone is 1. The lowest BCUT2D eigenvalue weighted by molar-refractivity contribution is -0.148. The minimum absolute atomic E-state index is 0.0475. The second-order valence-corrected chi connectivity index (χ2v) is 8.74. The van der Waals surface area contributed by atoms with Crippen LogP contribution in [0, 0.1) is 28.6 Å². The van der Waals surface area contributed by atoms with Gasteiger partial charge >= 0.3 is 0 Å². The van der Waals surface area contributed by atoms with E-state index in [2.05, 4.69) is 13.8 Å². The van der Waals surface area contributed by atoms with Crippen molar-refractivity contribution in [1.29, 1.82) is 0 Å². The third-order valence-electron chi connectivity index (χ3n) is 7.73. The van der Waals surface area contributed by atoms with E-state index in [-0.39, 0.29) is 29.0 Å². The maximum Gasteiger partial charge on any atom is 0.137 e. The first-order valence-electron chi connectivity index (χ1n) is 8.96. The lowest BCUT2D eigenvalue weighted by Crippen LogP contribution is -2.55. The summed E-state index contributed by atoms with van der Waals surface area (Å²) in [7, 11) is 0. The molecule has 3 nitrogen and oxygen atoms in total. The number of fused-ring (bicyclic) bond motifs is 5. The van der Waals surface area contributed by atoms with Gasteiger partial charge in [-0.3, -0.25) is 4.79 Å². The first kappa shape index (κ1) is 14.9. The molecule has 4 rings (SSSR count). The van der Waals surface area contributed by atoms with E-state index in [1.165, 1.54) is 5.57 Å². The highest BCUT2D eigenvalue weighted by Gasteiger charge is 2.61. The van der Waals surface area contributed by atoms with E-state index in [1.54, 1.807) is 0 Å². The van der Waals surface area contributed by atoms with Crippen LogP contribution < -0.4 is 0 Å². The summed E-state index contributed by atoms with van der Waals surface area (Å²) in [5, 5.41) is 20.4. The number of Topliss-reactive ketones (excluding diaryl/α,β-unsaturated/α-hetero) is 1. The second-order valence-electron chi connectivity index (χ2n) is 8.74. The Morgan fingerprint density at radius 1 is 1.14 bits per heavy atom. The van der Waals surface area contributed by atoms with Crippen LogP contribution in [0.25, 0.3) is 0 Å². The SMILES string of the molecule is C[C@@]12CC(=O)[C@H]3[C@@H](CCC4=C[C@@H](O)CC[C@@]43C)[C@@H]1CC[C@@H]2O. The number of hydrogen-bond acceptors (Lipinski definition) is 3. The Kier molecular flexibility index (Phi) is 3.16. The number of aliphatic hydroxyl groups is 2. The summed E-state index contributed by atoms with van der Waals surface area (Å²) >= 11 is 0. The van der Waals surface area contributed by atoms with Crippen LogP contribution in [0.4, 0.5) is 0 Å². The smallest absolute Gasteiger partial charge is 0.137 e. The minimum atomic E-state index is -0.322. The van der Waals surface area contributed by atoms with E-state index >= 15 is 0 Å². The van der Waals surface area contributed by atoms with E-state index in [1.807, 2.05) is 6.08 Å². The van der Waals surface area contributed by atoms with Crippen molar-refractivity contribution in [3.05, 3.63) is 11.6 Å². The summed E-state index contributed by atoms with van der Waals surface area (Å²) in [5.41, 5.74) is 1.08. The molecule has 0 radical (unpaired) electrons. The molecule has 22 heavy (non-hydrogen) atoms. The molecule has 0 aliphatic heterocycles. The van der Waals surface area contributed by atoms with Gasteiger partial charge in [0.05, 0.1) is 12.2 Å². The first-order chi connectivity index (χ1) is 10.4. The molecule has 0 aromatic rings. The first-order valence-corrected chi connectivity index (χ1v) is 8.96. The van der Waals surface area contributed by atoms with Gasteiger partial charge in [0.15, 0.2) is 0 Å². The van der Waals surface area contributed by atoms with Gasteiger partial charge in [-0.1, -0.05) is 25.5 Å². The van der Waals surface area contributed by atoms with E-state index in [0.29, 0.717) is 24.0 Å². The van der Waals surface area contributed by atoms with Gasteiger partial charge in [0.25, 0.3) is 0 Å². The van der Waals surface area contributed by atoms with Crippen LogP contribution in [0.5, 0.6) is 0 Å². The molecular formula is C19H28O3. The normalized spacial score (nSPS) is 54.3. The number of carbonyl (C=O) groups excluding carboxylic acids is 1. The van der Waals surface area contributed by atoms with Gasteiger partial charge in [0, 0.05) is 17.8 Å². The maximum atomic E-state index is 13.1. The Hall–Kier alpha value is -0.670. The van der Waals surface area contributed by atoms with Crippen LogP contribution in [0.2, 0.25) is 0 Å². The molecule has 0 aromatic heterocycles. The van der Waals surface area contributed by atoms with Crippen molar-refractivity contribution in [3.8, 4) is 0 Å². The van der Waals surface area contributed by atoms with Gasteiger partial charge in [-0.15, -0.1) is 0 Å². The van der Waals surface area contributed by atoms with Crippen LogP contribution in [-0.2, 0) is 4.79 Å². The van der Waals surface area contributed by atoms with Crippen LogP contribution >= 0.6 is 0 Å². The molecule has 122 valence electrons. The summed E-state index contributed by atoms with van der Waals surface area (Å²) in [6.07, 6.45) is 7.66. The Bertz CT molecular complexity index is 539. The fourth-order valence-electron chi connectivity index (χ4n) is 6.51. The lowest BCUT2D eigenvalue weighted by atomic mass is 9.47. The zero-order valence-corrected chi connectivity index (χ0v) is 13.7. The monoisotopic (exact) mass is 304 g/mol. The summed E-state index contributed by atoms with van der Waals surface area (Å²) in [4.78, 5) is 13.1. The van der Waals surface area contributed by atoms with Crippen molar-refractivity contribution < 1.29 is 15.0 Å². The highest BCUT2D eigenvalue weighted by Crippen LogP contribution is 2.64. The molecule has 0 heterocycles. The van der Waals surface area contributed by atoms with E-state index in [9.17, 15) is 15.0 Å². The Morgan fingerprint density at radius 2 is 1.91 bits per heavy atom. The highest BCUT2D eigenvalue weighted by atomic mass is 16.3. The van der Waals surface area contributed by atoms with Crippen molar-refractivity contribution in [2.24, 2.45) is 28.6 Å². The second kappa shape index (κ2) is 4.67. The number of rotatable bonds is 0. The summed E-state index contributed by atoms with van der Waals surface area (Å²) in [5.74, 6) is 1.41. The third-order valence-corrected chi connectivity index (χ3v) is 7.73. The fourth-order valence-corrected chi connectivity index (χ4v) is 6.51. The molecule has 4 aliphatic rings. The van der Waals surface area contributed by atoms with Crippen LogP contribution in [0.15, 0.2) is 11.6 Å². The van der Waals surface area contributed by atoms with Gasteiger partial charge < -0.3 is 10.2 Å². The average Bonchev–Trinajstić information content (AvgIpc) is 2.75. The number of carbonyl (C=O) groups is 1. The molecule has 3 saturated carbocycles. The highest BCUT2D eigenvalue weighted by molar-refractivity contribution is 5.85. The Morgan fingerprint density at radius 3 is 2.68 bits per heavy atom. The molecule has 0 saturated heterocycles. The molecule has 0 spiro atoms. The minimum Gasteiger partial charge on any atom is -0.393 e. The third kappa shape index (κ3) is 1.78. The molecule has 0 bridgehead atoms. The number of aliphatic hydroxyl groups excluding tert-OH is 2. The van der Waals surface area contributed by atoms with E-state index < -0.39 is 0 Å². The van der Waals surface area contributed by atoms with Gasteiger partial charge in [-0.25, -0.2) is 0 Å². The quantitative estimate of drug-likeness (QED) is 0.677. The van der Waals surface area contributed by atoms with Crippen LogP contribution in [0.3, 0.4) is 0 Å². The molecule has 0 amide bonds. The zero-order valence-electron chi connectivity index (χ0n) is 13.7. The summed E-state index contributed by atoms with van der Waals surface area (Å²) in [6.45, 7) is 4.40. The van der Waals surface area contributed by atoms with Gasteiger partial charge in [-0.2, -0.15) is 0 Å². The van der Waals surface area contributed by atoms with Crippen molar-refractivity contribution in [3.63, 3.8) is 0 Å². The molecular weight excluding hydrogens is 276 g/mol. The molecule has 4 aliphatic carbocycles. The maximum absolute atomic E-state index is 13.1. The molecule has 0 aromatic carbocycles. The lowest BCUT2D eigenvalue weighted by Gasteiger charge is -2.57. The summed E-state index contributed by atoms with van der Waals surface area (Å²) in [6, 6.07) is 0.